The lowest BCUT2D eigenvalue weighted by Crippen LogP contribution is -2.39. The van der Waals surface area contributed by atoms with Crippen molar-refractivity contribution >= 4 is 21.6 Å². The van der Waals surface area contributed by atoms with Gasteiger partial charge in [-0.05, 0) is 48.8 Å². The highest BCUT2D eigenvalue weighted by Crippen LogP contribution is 2.66. The molecule has 3 atom stereocenters. The Morgan fingerprint density at radius 1 is 1.32 bits per heavy atom. The van der Waals surface area contributed by atoms with Crippen molar-refractivity contribution in [2.24, 2.45) is 16.7 Å². The molecule has 2 bridgehead atoms. The zero-order valence-corrected chi connectivity index (χ0v) is 13.5. The smallest absolute Gasteiger partial charge is 0.142 e. The highest BCUT2D eigenvalue weighted by molar-refractivity contribution is 9.10. The monoisotopic (exact) mass is 323 g/mol. The summed E-state index contributed by atoms with van der Waals surface area (Å²) in [5, 5.41) is 0. The summed E-state index contributed by atoms with van der Waals surface area (Å²) >= 11 is 3.43. The molecule has 3 unspecified atom stereocenters. The molecular formula is C16H22BrNO. The van der Waals surface area contributed by atoms with Crippen LogP contribution >= 0.6 is 15.9 Å². The van der Waals surface area contributed by atoms with Gasteiger partial charge in [-0.3, -0.25) is 0 Å². The van der Waals surface area contributed by atoms with E-state index in [4.69, 9.17) is 10.5 Å². The number of nitrogens with two attached hydrogens (primary N) is 1. The molecule has 0 aromatic heterocycles. The zero-order chi connectivity index (χ0) is 13.8. The largest absolute Gasteiger partial charge is 0.488 e. The number of hydrogen-bond donors (Lipinski definition) is 1. The first-order valence-electron chi connectivity index (χ1n) is 7.06. The minimum absolute atomic E-state index is 0.275. The van der Waals surface area contributed by atoms with Crippen LogP contribution in [0.2, 0.25) is 0 Å². The Labute approximate surface area is 123 Å². The molecule has 0 aliphatic heterocycles. The maximum Gasteiger partial charge on any atom is 0.142 e. The van der Waals surface area contributed by atoms with E-state index in [9.17, 15) is 0 Å². The van der Waals surface area contributed by atoms with Crippen LogP contribution in [0.25, 0.3) is 0 Å². The Balaban J connectivity index is 1.86. The molecule has 2 fully saturated rings. The summed E-state index contributed by atoms with van der Waals surface area (Å²) in [6.07, 6.45) is 4.08. The lowest BCUT2D eigenvalue weighted by Gasteiger charge is -2.39. The standard InChI is InChI=1S/C16H22BrNO/c1-15(2)10-6-7-16(15,3)14(8-10)19-13-5-4-11(17)9-12(13)18/h4-5,9-10,14H,6-8,18H2,1-3H3. The molecular weight excluding hydrogens is 302 g/mol. The fourth-order valence-corrected chi connectivity index (χ4v) is 4.47. The summed E-state index contributed by atoms with van der Waals surface area (Å²) in [5.74, 6) is 1.62. The molecule has 104 valence electrons. The summed E-state index contributed by atoms with van der Waals surface area (Å²) < 4.78 is 7.28. The third-order valence-electron chi connectivity index (χ3n) is 5.96. The number of anilines is 1. The average molecular weight is 324 g/mol. The second-order valence-electron chi connectivity index (χ2n) is 6.90. The first-order valence-corrected chi connectivity index (χ1v) is 7.85. The summed E-state index contributed by atoms with van der Waals surface area (Å²) in [4.78, 5) is 0. The Morgan fingerprint density at radius 2 is 2.05 bits per heavy atom. The van der Waals surface area contributed by atoms with Crippen LogP contribution in [-0.2, 0) is 0 Å². The van der Waals surface area contributed by atoms with Gasteiger partial charge in [-0.2, -0.15) is 0 Å². The predicted octanol–water partition coefficient (Wildman–Crippen LogP) is 4.62. The predicted molar refractivity (Wildman–Crippen MR) is 82.2 cm³/mol. The van der Waals surface area contributed by atoms with E-state index in [0.717, 1.165) is 21.8 Å². The van der Waals surface area contributed by atoms with Crippen molar-refractivity contribution < 1.29 is 4.74 Å². The van der Waals surface area contributed by atoms with Gasteiger partial charge in [0.05, 0.1) is 5.69 Å². The molecule has 0 heterocycles. The molecule has 2 nitrogen and oxygen atoms in total. The number of rotatable bonds is 2. The van der Waals surface area contributed by atoms with Gasteiger partial charge in [0, 0.05) is 9.89 Å². The van der Waals surface area contributed by atoms with E-state index in [1.807, 2.05) is 18.2 Å². The molecule has 19 heavy (non-hydrogen) atoms. The number of halogens is 1. The summed E-state index contributed by atoms with van der Waals surface area (Å²) in [7, 11) is 0. The van der Waals surface area contributed by atoms with Gasteiger partial charge >= 0.3 is 0 Å². The van der Waals surface area contributed by atoms with Crippen molar-refractivity contribution in [1.29, 1.82) is 0 Å². The van der Waals surface area contributed by atoms with Crippen molar-refractivity contribution in [3.63, 3.8) is 0 Å². The maximum atomic E-state index is 6.29. The average Bonchev–Trinajstić information content (AvgIpc) is 2.65. The van der Waals surface area contributed by atoms with Gasteiger partial charge in [-0.15, -0.1) is 0 Å². The Bertz CT molecular complexity index is 513. The van der Waals surface area contributed by atoms with E-state index >= 15 is 0 Å². The number of hydrogen-bond acceptors (Lipinski definition) is 2. The van der Waals surface area contributed by atoms with Crippen LogP contribution in [0.1, 0.15) is 40.0 Å². The third-order valence-corrected chi connectivity index (χ3v) is 6.45. The molecule has 0 radical (unpaired) electrons. The molecule has 3 rings (SSSR count). The van der Waals surface area contributed by atoms with Crippen LogP contribution in [0.15, 0.2) is 22.7 Å². The lowest BCUT2D eigenvalue weighted by molar-refractivity contribution is 0.0306. The van der Waals surface area contributed by atoms with Crippen LogP contribution in [-0.4, -0.2) is 6.10 Å². The van der Waals surface area contributed by atoms with Crippen LogP contribution in [0.3, 0.4) is 0 Å². The van der Waals surface area contributed by atoms with E-state index < -0.39 is 0 Å². The molecule has 2 N–H and O–H groups in total. The van der Waals surface area contributed by atoms with Crippen LogP contribution < -0.4 is 10.5 Å². The van der Waals surface area contributed by atoms with Gasteiger partial charge in [-0.25, -0.2) is 0 Å². The molecule has 0 saturated heterocycles. The molecule has 2 saturated carbocycles. The topological polar surface area (TPSA) is 35.2 Å². The lowest BCUT2D eigenvalue weighted by atomic mass is 9.70. The van der Waals surface area contributed by atoms with Crippen molar-refractivity contribution in [2.75, 3.05) is 5.73 Å². The van der Waals surface area contributed by atoms with Gasteiger partial charge in [0.25, 0.3) is 0 Å². The second kappa shape index (κ2) is 4.15. The summed E-state index contributed by atoms with van der Waals surface area (Å²) in [6, 6.07) is 5.88. The maximum absolute atomic E-state index is 6.29. The number of ether oxygens (including phenoxy) is 1. The minimum Gasteiger partial charge on any atom is -0.488 e. The van der Waals surface area contributed by atoms with Crippen molar-refractivity contribution in [3.8, 4) is 5.75 Å². The normalized spacial score (nSPS) is 35.6. The summed E-state index contributed by atoms with van der Waals surface area (Å²) in [5.41, 5.74) is 7.43. The van der Waals surface area contributed by atoms with Crippen LogP contribution in [0.4, 0.5) is 5.69 Å². The van der Waals surface area contributed by atoms with Crippen molar-refractivity contribution in [1.82, 2.24) is 0 Å². The highest BCUT2D eigenvalue weighted by Gasteiger charge is 2.62. The van der Waals surface area contributed by atoms with Gasteiger partial charge in [0.15, 0.2) is 0 Å². The Kier molecular flexibility index (Phi) is 2.90. The second-order valence-corrected chi connectivity index (χ2v) is 7.81. The number of benzene rings is 1. The van der Waals surface area contributed by atoms with Gasteiger partial charge < -0.3 is 10.5 Å². The highest BCUT2D eigenvalue weighted by atomic mass is 79.9. The zero-order valence-electron chi connectivity index (χ0n) is 11.9. The molecule has 1 aromatic rings. The van der Waals surface area contributed by atoms with Gasteiger partial charge in [0.2, 0.25) is 0 Å². The molecule has 2 aliphatic rings. The van der Waals surface area contributed by atoms with Crippen LogP contribution in [0, 0.1) is 16.7 Å². The SMILES string of the molecule is CC1(C)C2CCC1(C)C(Oc1ccc(Br)cc1N)C2. The third kappa shape index (κ3) is 1.81. The number of nitrogen functional groups attached to an aromatic ring is 1. The Morgan fingerprint density at radius 3 is 2.58 bits per heavy atom. The van der Waals surface area contributed by atoms with Crippen molar-refractivity contribution in [3.05, 3.63) is 22.7 Å². The number of fused-ring (bicyclic) bond motifs is 2. The fraction of sp³-hybridized carbons (Fsp3) is 0.625. The quantitative estimate of drug-likeness (QED) is 0.805. The molecule has 1 aromatic carbocycles. The van der Waals surface area contributed by atoms with E-state index in [1.54, 1.807) is 0 Å². The van der Waals surface area contributed by atoms with E-state index in [2.05, 4.69) is 36.7 Å². The first-order chi connectivity index (χ1) is 8.84. The molecule has 3 heteroatoms. The van der Waals surface area contributed by atoms with Crippen molar-refractivity contribution in [2.45, 2.75) is 46.1 Å². The fourth-order valence-electron chi connectivity index (χ4n) is 4.09. The van der Waals surface area contributed by atoms with E-state index in [0.29, 0.717) is 11.5 Å². The van der Waals surface area contributed by atoms with E-state index in [-0.39, 0.29) is 5.41 Å². The first kappa shape index (κ1) is 13.3. The van der Waals surface area contributed by atoms with Crippen LogP contribution in [0.5, 0.6) is 5.75 Å². The van der Waals surface area contributed by atoms with Gasteiger partial charge in [0.1, 0.15) is 11.9 Å². The molecule has 2 aliphatic carbocycles. The minimum atomic E-state index is 0.275. The molecule has 0 amide bonds. The van der Waals surface area contributed by atoms with E-state index in [1.165, 1.54) is 19.3 Å². The summed E-state index contributed by atoms with van der Waals surface area (Å²) in [6.45, 7) is 7.19. The Hall–Kier alpha value is -0.700. The van der Waals surface area contributed by atoms with Gasteiger partial charge in [-0.1, -0.05) is 36.7 Å². The molecule has 0 spiro atoms.